The molecule has 19 heavy (non-hydrogen) atoms. The minimum Gasteiger partial charge on any atom is -0.463 e. The van der Waals surface area contributed by atoms with Gasteiger partial charge in [-0.15, -0.1) is 0 Å². The monoisotopic (exact) mass is 261 g/mol. The van der Waals surface area contributed by atoms with Gasteiger partial charge in [-0.2, -0.15) is 5.10 Å². The molecule has 1 unspecified atom stereocenters. The Balaban J connectivity index is 2.15. The SMILES string of the molecule is CCC(C)NC(=O)Cn1nc(C)cc1-c1ccco1. The van der Waals surface area contributed by atoms with Crippen molar-refractivity contribution in [3.63, 3.8) is 0 Å². The molecule has 0 saturated carbocycles. The van der Waals surface area contributed by atoms with Gasteiger partial charge in [0.25, 0.3) is 0 Å². The fourth-order valence-electron chi connectivity index (χ4n) is 1.85. The average Bonchev–Trinajstić information content (AvgIpc) is 2.98. The topological polar surface area (TPSA) is 60.1 Å². The van der Waals surface area contributed by atoms with Gasteiger partial charge in [-0.05, 0) is 38.5 Å². The first-order chi connectivity index (χ1) is 9.10. The van der Waals surface area contributed by atoms with Gasteiger partial charge in [0.2, 0.25) is 5.91 Å². The van der Waals surface area contributed by atoms with Crippen molar-refractivity contribution < 1.29 is 9.21 Å². The summed E-state index contributed by atoms with van der Waals surface area (Å²) >= 11 is 0. The van der Waals surface area contributed by atoms with Crippen LogP contribution >= 0.6 is 0 Å². The van der Waals surface area contributed by atoms with Gasteiger partial charge < -0.3 is 9.73 Å². The third-order valence-electron chi connectivity index (χ3n) is 2.99. The van der Waals surface area contributed by atoms with Gasteiger partial charge in [0.1, 0.15) is 12.2 Å². The number of hydrogen-bond acceptors (Lipinski definition) is 3. The maximum Gasteiger partial charge on any atom is 0.241 e. The molecule has 2 aromatic heterocycles. The number of rotatable bonds is 5. The van der Waals surface area contributed by atoms with Crippen LogP contribution in [-0.4, -0.2) is 21.7 Å². The number of aromatic nitrogens is 2. The van der Waals surface area contributed by atoms with Crippen LogP contribution in [0, 0.1) is 6.92 Å². The summed E-state index contributed by atoms with van der Waals surface area (Å²) in [6.07, 6.45) is 2.52. The summed E-state index contributed by atoms with van der Waals surface area (Å²) in [5.41, 5.74) is 1.68. The second kappa shape index (κ2) is 5.73. The Morgan fingerprint density at radius 1 is 1.58 bits per heavy atom. The zero-order valence-corrected chi connectivity index (χ0v) is 11.5. The van der Waals surface area contributed by atoms with Crippen molar-refractivity contribution in [3.8, 4) is 11.5 Å². The third kappa shape index (κ3) is 3.24. The van der Waals surface area contributed by atoms with Crippen LogP contribution in [0.2, 0.25) is 0 Å². The summed E-state index contributed by atoms with van der Waals surface area (Å²) in [6, 6.07) is 5.77. The maximum atomic E-state index is 11.9. The summed E-state index contributed by atoms with van der Waals surface area (Å²) in [5.74, 6) is 0.683. The highest BCUT2D eigenvalue weighted by Gasteiger charge is 2.14. The van der Waals surface area contributed by atoms with Crippen LogP contribution < -0.4 is 5.32 Å². The lowest BCUT2D eigenvalue weighted by Crippen LogP contribution is -2.35. The number of furan rings is 1. The molecule has 5 nitrogen and oxygen atoms in total. The fourth-order valence-corrected chi connectivity index (χ4v) is 1.85. The molecule has 0 bridgehead atoms. The van der Waals surface area contributed by atoms with Crippen molar-refractivity contribution in [2.75, 3.05) is 0 Å². The second-order valence-corrected chi connectivity index (χ2v) is 4.68. The molecule has 5 heteroatoms. The molecular weight excluding hydrogens is 242 g/mol. The van der Waals surface area contributed by atoms with Crippen LogP contribution in [0.1, 0.15) is 26.0 Å². The Morgan fingerprint density at radius 3 is 3.00 bits per heavy atom. The predicted octanol–water partition coefficient (Wildman–Crippen LogP) is 2.37. The zero-order valence-electron chi connectivity index (χ0n) is 11.5. The first-order valence-electron chi connectivity index (χ1n) is 6.48. The van der Waals surface area contributed by atoms with Gasteiger partial charge in [0.15, 0.2) is 5.76 Å². The highest BCUT2D eigenvalue weighted by Crippen LogP contribution is 2.20. The second-order valence-electron chi connectivity index (χ2n) is 4.68. The molecular formula is C14H19N3O2. The lowest BCUT2D eigenvalue weighted by molar-refractivity contribution is -0.122. The van der Waals surface area contributed by atoms with Crippen molar-refractivity contribution in [2.24, 2.45) is 0 Å². The molecule has 2 aromatic rings. The molecule has 0 aliphatic carbocycles. The number of hydrogen-bond donors (Lipinski definition) is 1. The van der Waals surface area contributed by atoms with Gasteiger partial charge in [-0.25, -0.2) is 0 Å². The largest absolute Gasteiger partial charge is 0.463 e. The van der Waals surface area contributed by atoms with E-state index in [1.807, 2.05) is 39.0 Å². The summed E-state index contributed by atoms with van der Waals surface area (Å²) in [4.78, 5) is 11.9. The number of carbonyl (C=O) groups is 1. The molecule has 1 atom stereocenters. The molecule has 1 amide bonds. The van der Waals surface area contributed by atoms with Crippen molar-refractivity contribution in [1.29, 1.82) is 0 Å². The van der Waals surface area contributed by atoms with E-state index in [4.69, 9.17) is 4.42 Å². The Labute approximate surface area is 112 Å². The van der Waals surface area contributed by atoms with E-state index in [1.54, 1.807) is 10.9 Å². The predicted molar refractivity (Wildman–Crippen MR) is 72.6 cm³/mol. The number of nitrogens with zero attached hydrogens (tertiary/aromatic N) is 2. The van der Waals surface area contributed by atoms with Crippen LogP contribution in [0.15, 0.2) is 28.9 Å². The Hall–Kier alpha value is -2.04. The van der Waals surface area contributed by atoms with Crippen molar-refractivity contribution in [2.45, 2.75) is 39.8 Å². The number of carbonyl (C=O) groups excluding carboxylic acids is 1. The molecule has 2 heterocycles. The van der Waals surface area contributed by atoms with E-state index < -0.39 is 0 Å². The Kier molecular flexibility index (Phi) is 4.04. The molecule has 0 saturated heterocycles. The van der Waals surface area contributed by atoms with E-state index in [0.717, 1.165) is 23.6 Å². The van der Waals surface area contributed by atoms with E-state index in [-0.39, 0.29) is 18.5 Å². The fraction of sp³-hybridized carbons (Fsp3) is 0.429. The molecule has 1 N–H and O–H groups in total. The van der Waals surface area contributed by atoms with Crippen LogP contribution in [0.4, 0.5) is 0 Å². The first kappa shape index (κ1) is 13.4. The van der Waals surface area contributed by atoms with E-state index in [1.165, 1.54) is 0 Å². The van der Waals surface area contributed by atoms with Gasteiger partial charge in [-0.1, -0.05) is 6.92 Å². The van der Waals surface area contributed by atoms with Gasteiger partial charge >= 0.3 is 0 Å². The zero-order chi connectivity index (χ0) is 13.8. The van der Waals surface area contributed by atoms with Crippen molar-refractivity contribution in [3.05, 3.63) is 30.2 Å². The smallest absolute Gasteiger partial charge is 0.241 e. The molecule has 0 radical (unpaired) electrons. The van der Waals surface area contributed by atoms with Gasteiger partial charge in [0.05, 0.1) is 12.0 Å². The molecule has 0 fully saturated rings. The number of aryl methyl sites for hydroxylation is 1. The minimum atomic E-state index is -0.0368. The molecule has 0 aliphatic rings. The normalized spacial score (nSPS) is 12.4. The molecule has 102 valence electrons. The number of nitrogens with one attached hydrogen (secondary N) is 1. The van der Waals surface area contributed by atoms with Crippen LogP contribution in [0.3, 0.4) is 0 Å². The third-order valence-corrected chi connectivity index (χ3v) is 2.99. The van der Waals surface area contributed by atoms with Crippen LogP contribution in [-0.2, 0) is 11.3 Å². The van der Waals surface area contributed by atoms with Crippen molar-refractivity contribution in [1.82, 2.24) is 15.1 Å². The standard InChI is InChI=1S/C14H19N3O2/c1-4-10(2)15-14(18)9-17-12(8-11(3)16-17)13-6-5-7-19-13/h5-8,10H,4,9H2,1-3H3,(H,15,18). The summed E-state index contributed by atoms with van der Waals surface area (Å²) in [5, 5.41) is 7.26. The maximum absolute atomic E-state index is 11.9. The summed E-state index contributed by atoms with van der Waals surface area (Å²) < 4.78 is 7.04. The Morgan fingerprint density at radius 2 is 2.37 bits per heavy atom. The molecule has 0 aliphatic heterocycles. The van der Waals surface area contributed by atoms with E-state index >= 15 is 0 Å². The average molecular weight is 261 g/mol. The van der Waals surface area contributed by atoms with E-state index in [0.29, 0.717) is 0 Å². The lowest BCUT2D eigenvalue weighted by atomic mass is 10.2. The van der Waals surface area contributed by atoms with E-state index in [2.05, 4.69) is 10.4 Å². The highest BCUT2D eigenvalue weighted by atomic mass is 16.3. The van der Waals surface area contributed by atoms with Gasteiger partial charge in [0, 0.05) is 6.04 Å². The summed E-state index contributed by atoms with van der Waals surface area (Å²) in [7, 11) is 0. The minimum absolute atomic E-state index is 0.0368. The number of amides is 1. The molecule has 0 aromatic carbocycles. The molecule has 0 spiro atoms. The quantitative estimate of drug-likeness (QED) is 0.898. The van der Waals surface area contributed by atoms with E-state index in [9.17, 15) is 4.79 Å². The van der Waals surface area contributed by atoms with Crippen LogP contribution in [0.25, 0.3) is 11.5 Å². The summed E-state index contributed by atoms with van der Waals surface area (Å²) in [6.45, 7) is 6.13. The molecule has 2 rings (SSSR count). The van der Waals surface area contributed by atoms with Crippen LogP contribution in [0.5, 0.6) is 0 Å². The van der Waals surface area contributed by atoms with Crippen molar-refractivity contribution >= 4 is 5.91 Å². The first-order valence-corrected chi connectivity index (χ1v) is 6.48. The lowest BCUT2D eigenvalue weighted by Gasteiger charge is -2.12. The Bertz CT molecular complexity index is 543. The highest BCUT2D eigenvalue weighted by molar-refractivity contribution is 5.76. The van der Waals surface area contributed by atoms with Gasteiger partial charge in [-0.3, -0.25) is 9.48 Å².